The lowest BCUT2D eigenvalue weighted by Crippen LogP contribution is -2.18. The van der Waals surface area contributed by atoms with Crippen molar-refractivity contribution in [2.24, 2.45) is 15.9 Å². The number of benzene rings is 2. The van der Waals surface area contributed by atoms with E-state index in [4.69, 9.17) is 20.7 Å². The summed E-state index contributed by atoms with van der Waals surface area (Å²) >= 11 is 3.58. The third kappa shape index (κ3) is 4.48. The predicted octanol–water partition coefficient (Wildman–Crippen LogP) is 3.50. The summed E-state index contributed by atoms with van der Waals surface area (Å²) < 4.78 is 6.66. The van der Waals surface area contributed by atoms with Gasteiger partial charge in [0.05, 0.1) is 29.8 Å². The molecule has 0 aromatic heterocycles. The predicted molar refractivity (Wildman–Crippen MR) is 113 cm³/mol. The maximum absolute atomic E-state index is 9.06. The third-order valence-corrected chi connectivity index (χ3v) is 4.93. The lowest BCUT2D eigenvalue weighted by atomic mass is 9.94. The number of nitrogens with zero attached hydrogens (tertiary/aromatic N) is 2. The molecule has 1 unspecified atom stereocenters. The highest BCUT2D eigenvalue weighted by molar-refractivity contribution is 9.10. The summed E-state index contributed by atoms with van der Waals surface area (Å²) in [7, 11) is 0. The molecule has 0 aliphatic carbocycles. The number of anilines is 1. The fourth-order valence-corrected chi connectivity index (χ4v) is 3.54. The number of para-hydroxylation sites is 2. The summed E-state index contributed by atoms with van der Waals surface area (Å²) in [5.41, 5.74) is 4.57. The number of halogens is 1. The lowest BCUT2D eigenvalue weighted by molar-refractivity contribution is 0.202. The standard InChI is InChI=1S/C20H23BrN4O2/c1-13(25-22)20-15-7-6-14(21)12-16(15)17(8-9-23-20)24-18-4-2-3-5-19(18)27-11-10-26/h2-7,12,17,24,26H,8-11,22H2,1H3. The summed E-state index contributed by atoms with van der Waals surface area (Å²) in [6.45, 7) is 2.76. The molecule has 0 saturated carbocycles. The minimum absolute atomic E-state index is 0.0254. The van der Waals surface area contributed by atoms with Gasteiger partial charge in [0, 0.05) is 16.6 Å². The minimum Gasteiger partial charge on any atom is -0.489 e. The van der Waals surface area contributed by atoms with Gasteiger partial charge in [-0.2, -0.15) is 5.10 Å². The van der Waals surface area contributed by atoms with Crippen molar-refractivity contribution in [2.45, 2.75) is 19.4 Å². The number of ether oxygens (including phenoxy) is 1. The molecule has 0 fully saturated rings. The summed E-state index contributed by atoms with van der Waals surface area (Å²) in [4.78, 5) is 4.72. The van der Waals surface area contributed by atoms with Crippen molar-refractivity contribution in [2.75, 3.05) is 25.1 Å². The molecule has 1 aliphatic rings. The zero-order valence-corrected chi connectivity index (χ0v) is 16.7. The fraction of sp³-hybridized carbons (Fsp3) is 0.300. The van der Waals surface area contributed by atoms with Gasteiger partial charge in [0.25, 0.3) is 0 Å². The van der Waals surface area contributed by atoms with Crippen molar-refractivity contribution >= 4 is 33.0 Å². The Morgan fingerprint density at radius 1 is 1.37 bits per heavy atom. The second-order valence-corrected chi connectivity index (χ2v) is 7.15. The van der Waals surface area contributed by atoms with E-state index in [-0.39, 0.29) is 19.3 Å². The zero-order valence-electron chi connectivity index (χ0n) is 15.2. The smallest absolute Gasteiger partial charge is 0.142 e. The average molecular weight is 431 g/mol. The van der Waals surface area contributed by atoms with Gasteiger partial charge in [-0.25, -0.2) is 0 Å². The molecule has 1 atom stereocenters. The van der Waals surface area contributed by atoms with Crippen molar-refractivity contribution in [1.29, 1.82) is 0 Å². The van der Waals surface area contributed by atoms with Gasteiger partial charge in [-0.3, -0.25) is 4.99 Å². The van der Waals surface area contributed by atoms with Gasteiger partial charge in [-0.05, 0) is 43.2 Å². The van der Waals surface area contributed by atoms with E-state index in [9.17, 15) is 0 Å². The second-order valence-electron chi connectivity index (χ2n) is 6.23. The van der Waals surface area contributed by atoms with Gasteiger partial charge in [0.2, 0.25) is 0 Å². The van der Waals surface area contributed by atoms with E-state index in [1.54, 1.807) is 0 Å². The summed E-state index contributed by atoms with van der Waals surface area (Å²) in [5, 5.41) is 16.5. The van der Waals surface area contributed by atoms with Crippen molar-refractivity contribution in [3.05, 3.63) is 58.1 Å². The van der Waals surface area contributed by atoms with Crippen molar-refractivity contribution < 1.29 is 9.84 Å². The van der Waals surface area contributed by atoms with Gasteiger partial charge >= 0.3 is 0 Å². The minimum atomic E-state index is -0.0254. The Labute approximate surface area is 167 Å². The first kappa shape index (κ1) is 19.4. The number of aliphatic imine (C=N–C) groups is 1. The van der Waals surface area contributed by atoms with Gasteiger partial charge in [0.15, 0.2) is 0 Å². The number of fused-ring (bicyclic) bond motifs is 1. The maximum Gasteiger partial charge on any atom is 0.142 e. The van der Waals surface area contributed by atoms with Gasteiger partial charge in [-0.1, -0.05) is 34.1 Å². The Morgan fingerprint density at radius 2 is 2.19 bits per heavy atom. The van der Waals surface area contributed by atoms with E-state index in [1.807, 2.05) is 43.3 Å². The molecule has 4 N–H and O–H groups in total. The highest BCUT2D eigenvalue weighted by atomic mass is 79.9. The molecular formula is C20H23BrN4O2. The molecule has 3 rings (SSSR count). The first-order chi connectivity index (χ1) is 13.1. The molecule has 0 radical (unpaired) electrons. The van der Waals surface area contributed by atoms with Crippen LogP contribution in [0.15, 0.2) is 57.0 Å². The van der Waals surface area contributed by atoms with Crippen LogP contribution >= 0.6 is 15.9 Å². The normalized spacial score (nSPS) is 16.9. The van der Waals surface area contributed by atoms with E-state index >= 15 is 0 Å². The number of aliphatic hydroxyl groups is 1. The Bertz CT molecular complexity index is 867. The van der Waals surface area contributed by atoms with E-state index in [2.05, 4.69) is 32.4 Å². The maximum atomic E-state index is 9.06. The monoisotopic (exact) mass is 430 g/mol. The second kappa shape index (κ2) is 9.01. The van der Waals surface area contributed by atoms with Gasteiger partial charge in [0.1, 0.15) is 12.4 Å². The van der Waals surface area contributed by atoms with Crippen LogP contribution in [0, 0.1) is 0 Å². The highest BCUT2D eigenvalue weighted by Crippen LogP contribution is 2.34. The number of hydrazone groups is 1. The zero-order chi connectivity index (χ0) is 19.2. The molecule has 2 aromatic carbocycles. The van der Waals surface area contributed by atoms with E-state index in [1.165, 1.54) is 0 Å². The molecule has 0 amide bonds. The van der Waals surface area contributed by atoms with Crippen molar-refractivity contribution in [1.82, 2.24) is 0 Å². The Kier molecular flexibility index (Phi) is 6.47. The molecule has 1 aliphatic heterocycles. The average Bonchev–Trinajstić information content (AvgIpc) is 2.86. The number of hydrogen-bond acceptors (Lipinski definition) is 6. The first-order valence-corrected chi connectivity index (χ1v) is 9.61. The van der Waals surface area contributed by atoms with E-state index < -0.39 is 0 Å². The lowest BCUT2D eigenvalue weighted by Gasteiger charge is -2.23. The number of rotatable bonds is 6. The van der Waals surface area contributed by atoms with Crippen LogP contribution in [0.2, 0.25) is 0 Å². The molecule has 2 aromatic rings. The molecule has 0 bridgehead atoms. The van der Waals surface area contributed by atoms with Crippen LogP contribution in [0.4, 0.5) is 5.69 Å². The summed E-state index contributed by atoms with van der Waals surface area (Å²) in [5.74, 6) is 6.23. The first-order valence-electron chi connectivity index (χ1n) is 8.82. The van der Waals surface area contributed by atoms with Crippen LogP contribution in [0.3, 0.4) is 0 Å². The molecule has 0 spiro atoms. The van der Waals surface area contributed by atoms with Crippen LogP contribution in [-0.2, 0) is 0 Å². The van der Waals surface area contributed by atoms with Crippen LogP contribution < -0.4 is 15.9 Å². The Morgan fingerprint density at radius 3 is 2.96 bits per heavy atom. The fourth-order valence-electron chi connectivity index (χ4n) is 3.16. The molecule has 7 heteroatoms. The van der Waals surface area contributed by atoms with Crippen LogP contribution in [0.5, 0.6) is 5.75 Å². The molecule has 0 saturated heterocycles. The molecular weight excluding hydrogens is 408 g/mol. The molecule has 27 heavy (non-hydrogen) atoms. The van der Waals surface area contributed by atoms with Crippen LogP contribution in [0.25, 0.3) is 0 Å². The highest BCUT2D eigenvalue weighted by Gasteiger charge is 2.23. The topological polar surface area (TPSA) is 92.2 Å². The number of nitrogens with one attached hydrogen (secondary N) is 1. The van der Waals surface area contributed by atoms with Crippen molar-refractivity contribution in [3.63, 3.8) is 0 Å². The third-order valence-electron chi connectivity index (χ3n) is 4.43. The largest absolute Gasteiger partial charge is 0.489 e. The van der Waals surface area contributed by atoms with Crippen LogP contribution in [0.1, 0.15) is 30.5 Å². The van der Waals surface area contributed by atoms with Crippen molar-refractivity contribution in [3.8, 4) is 5.75 Å². The Hall–Kier alpha value is -2.38. The number of nitrogens with two attached hydrogens (primary N) is 1. The molecule has 1 heterocycles. The summed E-state index contributed by atoms with van der Waals surface area (Å²) in [6.07, 6.45) is 0.819. The Balaban J connectivity index is 1.97. The number of aliphatic hydroxyl groups excluding tert-OH is 1. The quantitative estimate of drug-likeness (QED) is 0.371. The molecule has 142 valence electrons. The number of hydrogen-bond donors (Lipinski definition) is 3. The van der Waals surface area contributed by atoms with E-state index in [0.29, 0.717) is 18.0 Å². The van der Waals surface area contributed by atoms with E-state index in [0.717, 1.165) is 33.4 Å². The SMILES string of the molecule is CC(=NN)C1=NCCC(Nc2ccccc2OCCO)c2cc(Br)ccc21. The molecule has 6 nitrogen and oxygen atoms in total. The summed E-state index contributed by atoms with van der Waals surface area (Å²) in [6, 6.07) is 13.9. The van der Waals surface area contributed by atoms with Gasteiger partial charge in [-0.15, -0.1) is 0 Å². The van der Waals surface area contributed by atoms with Gasteiger partial charge < -0.3 is 21.0 Å². The van der Waals surface area contributed by atoms with Crippen LogP contribution in [-0.4, -0.2) is 36.3 Å².